The number of quaternary nitrogens is 1. The number of nitrogens with zero attached hydrogens (tertiary/aromatic N) is 1. The molecule has 0 aliphatic heterocycles. The highest BCUT2D eigenvalue weighted by molar-refractivity contribution is 5.59. The van der Waals surface area contributed by atoms with E-state index in [0.717, 1.165) is 11.3 Å². The minimum Gasteiger partial charge on any atom is -0.595 e. The Morgan fingerprint density at radius 1 is 1.07 bits per heavy atom. The number of aromatic nitrogens is 1. The Kier molecular flexibility index (Phi) is 2.73. The first-order valence-corrected chi connectivity index (χ1v) is 4.52. The van der Waals surface area contributed by atoms with Gasteiger partial charge in [-0.05, 0) is 6.07 Å². The summed E-state index contributed by atoms with van der Waals surface area (Å²) in [6, 6.07) is 12.9. The van der Waals surface area contributed by atoms with Crippen molar-refractivity contribution < 1.29 is 10.4 Å². The lowest BCUT2D eigenvalue weighted by atomic mass is 10.1. The van der Waals surface area contributed by atoms with E-state index in [0.29, 0.717) is 0 Å². The van der Waals surface area contributed by atoms with E-state index < -0.39 is 5.23 Å². The van der Waals surface area contributed by atoms with Crippen molar-refractivity contribution in [3.05, 3.63) is 53.9 Å². The summed E-state index contributed by atoms with van der Waals surface area (Å²) in [6.07, 6.45) is 1.37. The molecule has 2 N–H and O–H groups in total. The Morgan fingerprint density at radius 3 is 2.33 bits per heavy atom. The van der Waals surface area contributed by atoms with Crippen molar-refractivity contribution in [3.8, 4) is 11.3 Å². The molecule has 0 radical (unpaired) electrons. The van der Waals surface area contributed by atoms with E-state index in [1.54, 1.807) is 12.1 Å². The molecule has 4 heteroatoms. The van der Waals surface area contributed by atoms with Crippen LogP contribution in [0.2, 0.25) is 0 Å². The van der Waals surface area contributed by atoms with Crippen LogP contribution in [0.15, 0.2) is 48.7 Å². The first kappa shape index (κ1) is 9.79. The Hall–Kier alpha value is -1.75. The SMILES string of the molecule is [O-][NH+](O)c1ccc(-c2ccccc2)nc1. The smallest absolute Gasteiger partial charge is 0.182 e. The molecule has 0 saturated heterocycles. The second-order valence-electron chi connectivity index (χ2n) is 3.10. The zero-order chi connectivity index (χ0) is 10.7. The Labute approximate surface area is 87.0 Å². The first-order valence-electron chi connectivity index (χ1n) is 4.52. The standard InChI is InChI=1S/C11H10N2O2/c14-13(15)10-6-7-11(12-8-10)9-4-2-1-3-5-9/h1-8,13-14H. The van der Waals surface area contributed by atoms with Gasteiger partial charge in [0.25, 0.3) is 0 Å². The fourth-order valence-electron chi connectivity index (χ4n) is 1.30. The highest BCUT2D eigenvalue weighted by atomic mass is 16.8. The fourth-order valence-corrected chi connectivity index (χ4v) is 1.30. The van der Waals surface area contributed by atoms with Crippen LogP contribution < -0.4 is 5.23 Å². The van der Waals surface area contributed by atoms with Gasteiger partial charge in [0, 0.05) is 11.6 Å². The van der Waals surface area contributed by atoms with Crippen LogP contribution in [-0.4, -0.2) is 10.2 Å². The lowest BCUT2D eigenvalue weighted by molar-refractivity contribution is -0.991. The molecule has 0 aliphatic carbocycles. The molecule has 0 spiro atoms. The zero-order valence-corrected chi connectivity index (χ0v) is 7.92. The summed E-state index contributed by atoms with van der Waals surface area (Å²) in [5.41, 5.74) is 1.96. The molecule has 0 saturated carbocycles. The molecule has 1 aromatic carbocycles. The molecule has 2 aromatic rings. The van der Waals surface area contributed by atoms with Gasteiger partial charge < -0.3 is 5.21 Å². The lowest BCUT2D eigenvalue weighted by Gasteiger charge is -2.10. The predicted molar refractivity (Wildman–Crippen MR) is 55.4 cm³/mol. The molecule has 4 nitrogen and oxygen atoms in total. The van der Waals surface area contributed by atoms with Crippen molar-refractivity contribution in [1.29, 1.82) is 0 Å². The van der Waals surface area contributed by atoms with E-state index in [2.05, 4.69) is 4.98 Å². The maximum absolute atomic E-state index is 10.6. The molecule has 1 aromatic heterocycles. The van der Waals surface area contributed by atoms with E-state index in [9.17, 15) is 5.21 Å². The van der Waals surface area contributed by atoms with Crippen LogP contribution in [0.4, 0.5) is 5.69 Å². The van der Waals surface area contributed by atoms with Crippen LogP contribution in [0, 0.1) is 5.21 Å². The van der Waals surface area contributed by atoms with Crippen LogP contribution in [0.1, 0.15) is 0 Å². The van der Waals surface area contributed by atoms with E-state index in [-0.39, 0.29) is 5.69 Å². The van der Waals surface area contributed by atoms with Crippen molar-refractivity contribution in [2.45, 2.75) is 0 Å². The highest BCUT2D eigenvalue weighted by Gasteiger charge is 2.02. The molecule has 15 heavy (non-hydrogen) atoms. The van der Waals surface area contributed by atoms with Gasteiger partial charge in [-0.1, -0.05) is 30.3 Å². The average molecular weight is 202 g/mol. The Morgan fingerprint density at radius 2 is 1.80 bits per heavy atom. The van der Waals surface area contributed by atoms with Crippen LogP contribution in [0.25, 0.3) is 11.3 Å². The van der Waals surface area contributed by atoms with Crippen molar-refractivity contribution in [1.82, 2.24) is 4.98 Å². The maximum Gasteiger partial charge on any atom is 0.182 e. The van der Waals surface area contributed by atoms with Crippen LogP contribution in [-0.2, 0) is 0 Å². The third-order valence-electron chi connectivity index (χ3n) is 2.08. The summed E-state index contributed by atoms with van der Waals surface area (Å²) in [4.78, 5) is 4.09. The monoisotopic (exact) mass is 202 g/mol. The van der Waals surface area contributed by atoms with Gasteiger partial charge in [-0.25, -0.2) is 10.2 Å². The normalized spacial score (nSPS) is 12.4. The van der Waals surface area contributed by atoms with Gasteiger partial charge in [-0.2, -0.15) is 5.23 Å². The summed E-state index contributed by atoms with van der Waals surface area (Å²) in [7, 11) is 0. The van der Waals surface area contributed by atoms with Crippen LogP contribution in [0.5, 0.6) is 0 Å². The van der Waals surface area contributed by atoms with Crippen LogP contribution in [0.3, 0.4) is 0 Å². The van der Waals surface area contributed by atoms with Gasteiger partial charge in [-0.3, -0.25) is 0 Å². The summed E-state index contributed by atoms with van der Waals surface area (Å²) in [5, 5.41) is 18.4. The lowest BCUT2D eigenvalue weighted by Crippen LogP contribution is -2.99. The molecular weight excluding hydrogens is 192 g/mol. The molecule has 1 heterocycles. The highest BCUT2D eigenvalue weighted by Crippen LogP contribution is 2.16. The molecule has 0 amide bonds. The molecular formula is C11H10N2O2. The Balaban J connectivity index is 2.32. The summed E-state index contributed by atoms with van der Waals surface area (Å²) >= 11 is 0. The summed E-state index contributed by atoms with van der Waals surface area (Å²) in [5.74, 6) is 0. The number of benzene rings is 1. The van der Waals surface area contributed by atoms with E-state index in [1.807, 2.05) is 30.3 Å². The molecule has 76 valence electrons. The summed E-state index contributed by atoms with van der Waals surface area (Å²) < 4.78 is 0. The topological polar surface area (TPSA) is 60.6 Å². The number of pyridine rings is 1. The quantitative estimate of drug-likeness (QED) is 0.718. The molecule has 0 aliphatic rings. The predicted octanol–water partition coefficient (Wildman–Crippen LogP) is 1.15. The second-order valence-corrected chi connectivity index (χ2v) is 3.10. The maximum atomic E-state index is 10.6. The molecule has 1 unspecified atom stereocenters. The van der Waals surface area contributed by atoms with Gasteiger partial charge >= 0.3 is 0 Å². The molecule has 0 fully saturated rings. The molecule has 1 atom stereocenters. The van der Waals surface area contributed by atoms with Crippen molar-refractivity contribution >= 4 is 5.69 Å². The van der Waals surface area contributed by atoms with Gasteiger partial charge in [0.05, 0.1) is 11.9 Å². The fraction of sp³-hybridized carbons (Fsp3) is 0. The van der Waals surface area contributed by atoms with Gasteiger partial charge in [0.1, 0.15) is 0 Å². The average Bonchev–Trinajstić information content (AvgIpc) is 2.30. The number of nitrogens with one attached hydrogen (secondary N) is 1. The number of hydrogen-bond donors (Lipinski definition) is 2. The molecule has 2 rings (SSSR count). The zero-order valence-electron chi connectivity index (χ0n) is 7.92. The largest absolute Gasteiger partial charge is 0.595 e. The molecule has 0 bridgehead atoms. The number of rotatable bonds is 2. The minimum absolute atomic E-state index is 0.203. The number of hydrogen-bond acceptors (Lipinski definition) is 3. The van der Waals surface area contributed by atoms with Crippen molar-refractivity contribution in [2.24, 2.45) is 0 Å². The van der Waals surface area contributed by atoms with E-state index in [4.69, 9.17) is 5.21 Å². The van der Waals surface area contributed by atoms with E-state index >= 15 is 0 Å². The van der Waals surface area contributed by atoms with Gasteiger partial charge in [0.15, 0.2) is 5.69 Å². The minimum atomic E-state index is -0.956. The third-order valence-corrected chi connectivity index (χ3v) is 2.08. The second kappa shape index (κ2) is 4.18. The van der Waals surface area contributed by atoms with Crippen molar-refractivity contribution in [3.63, 3.8) is 0 Å². The van der Waals surface area contributed by atoms with Crippen molar-refractivity contribution in [2.75, 3.05) is 0 Å². The summed E-state index contributed by atoms with van der Waals surface area (Å²) in [6.45, 7) is 0. The van der Waals surface area contributed by atoms with E-state index in [1.165, 1.54) is 6.20 Å². The third kappa shape index (κ3) is 2.19. The van der Waals surface area contributed by atoms with Crippen LogP contribution >= 0.6 is 0 Å². The first-order chi connectivity index (χ1) is 7.27. The van der Waals surface area contributed by atoms with Gasteiger partial charge in [0.2, 0.25) is 0 Å². The Bertz CT molecular complexity index is 426. The van der Waals surface area contributed by atoms with Gasteiger partial charge in [-0.15, -0.1) is 0 Å².